The molecule has 0 unspecified atom stereocenters. The quantitative estimate of drug-likeness (QED) is 0.581. The molecule has 4 nitrogen and oxygen atoms in total. The highest BCUT2D eigenvalue weighted by Gasteiger charge is 2.67. The molecular formula is C16H15Br2NO3. The van der Waals surface area contributed by atoms with E-state index >= 15 is 0 Å². The Hall–Kier alpha value is -0.880. The number of anilines is 1. The Morgan fingerprint density at radius 1 is 1.36 bits per heavy atom. The number of fused-ring (bicyclic) bond motifs is 1. The Labute approximate surface area is 145 Å². The van der Waals surface area contributed by atoms with Crippen molar-refractivity contribution in [2.24, 2.45) is 23.7 Å². The van der Waals surface area contributed by atoms with Gasteiger partial charge in [0.15, 0.2) is 0 Å². The highest BCUT2D eigenvalue weighted by atomic mass is 79.9. The minimum Gasteiger partial charge on any atom is -0.461 e. The van der Waals surface area contributed by atoms with Gasteiger partial charge < -0.3 is 10.1 Å². The predicted octanol–water partition coefficient (Wildman–Crippen LogP) is 3.27. The molecule has 4 rings (SSSR count). The van der Waals surface area contributed by atoms with Gasteiger partial charge in [0.25, 0.3) is 0 Å². The van der Waals surface area contributed by atoms with E-state index in [1.165, 1.54) is 0 Å². The van der Waals surface area contributed by atoms with E-state index in [4.69, 9.17) is 4.74 Å². The molecule has 1 N–H and O–H groups in total. The number of halogens is 2. The fourth-order valence-electron chi connectivity index (χ4n) is 4.31. The summed E-state index contributed by atoms with van der Waals surface area (Å²) in [4.78, 5) is 25.0. The number of benzene rings is 1. The second kappa shape index (κ2) is 5.06. The summed E-state index contributed by atoms with van der Waals surface area (Å²) in [6.07, 6.45) is 0.856. The Kier molecular flexibility index (Phi) is 3.38. The highest BCUT2D eigenvalue weighted by molar-refractivity contribution is 9.10. The zero-order valence-corrected chi connectivity index (χ0v) is 15.1. The lowest BCUT2D eigenvalue weighted by atomic mass is 9.79. The lowest BCUT2D eigenvalue weighted by molar-refractivity contribution is -0.145. The fraction of sp³-hybridized carbons (Fsp3) is 0.500. The molecule has 2 aliphatic carbocycles. The summed E-state index contributed by atoms with van der Waals surface area (Å²) in [5.41, 5.74) is 1.79. The van der Waals surface area contributed by atoms with Crippen molar-refractivity contribution in [3.63, 3.8) is 0 Å². The number of rotatable bonds is 2. The number of carbonyl (C=O) groups is 2. The number of nitrogens with one attached hydrogen (secondary N) is 1. The third kappa shape index (κ3) is 1.99. The maximum Gasteiger partial charge on any atom is 0.310 e. The van der Waals surface area contributed by atoms with Crippen LogP contribution in [-0.2, 0) is 14.3 Å². The summed E-state index contributed by atoms with van der Waals surface area (Å²) in [5, 5.41) is 3.00. The zero-order valence-electron chi connectivity index (χ0n) is 11.9. The van der Waals surface area contributed by atoms with Gasteiger partial charge in [-0.15, -0.1) is 0 Å². The van der Waals surface area contributed by atoms with Crippen molar-refractivity contribution in [3.8, 4) is 0 Å². The predicted molar refractivity (Wildman–Crippen MR) is 88.7 cm³/mol. The van der Waals surface area contributed by atoms with Crippen LogP contribution >= 0.6 is 31.9 Å². The first kappa shape index (κ1) is 14.7. The van der Waals surface area contributed by atoms with Crippen LogP contribution in [-0.4, -0.2) is 22.8 Å². The third-order valence-corrected chi connectivity index (χ3v) is 6.97. The zero-order chi connectivity index (χ0) is 15.6. The molecule has 6 atom stereocenters. The van der Waals surface area contributed by atoms with Crippen molar-refractivity contribution in [1.82, 2.24) is 0 Å². The molecule has 116 valence electrons. The van der Waals surface area contributed by atoms with Crippen LogP contribution in [0.2, 0.25) is 0 Å². The SMILES string of the molecule is Cc1cc(Br)ccc1NC(=O)[C@@H]1[C@H]2C[C@H]3[C@H](OC(=O)[C@@H]31)[C@@H]2Br. The smallest absolute Gasteiger partial charge is 0.310 e. The molecule has 1 saturated heterocycles. The van der Waals surface area contributed by atoms with Gasteiger partial charge in [-0.05, 0) is 43.0 Å². The van der Waals surface area contributed by atoms with Crippen LogP contribution in [0.15, 0.2) is 22.7 Å². The van der Waals surface area contributed by atoms with Gasteiger partial charge >= 0.3 is 5.97 Å². The van der Waals surface area contributed by atoms with Crippen LogP contribution in [0.3, 0.4) is 0 Å². The van der Waals surface area contributed by atoms with E-state index in [0.717, 1.165) is 22.1 Å². The Bertz CT molecular complexity index is 677. The summed E-state index contributed by atoms with van der Waals surface area (Å²) in [6, 6.07) is 5.74. The minimum absolute atomic E-state index is 0.0408. The number of ether oxygens (including phenoxy) is 1. The molecule has 1 amide bonds. The number of aryl methyl sites for hydroxylation is 1. The van der Waals surface area contributed by atoms with Crippen LogP contribution < -0.4 is 5.32 Å². The Balaban J connectivity index is 1.59. The molecule has 1 aromatic carbocycles. The number of carbonyl (C=O) groups excluding carboxylic acids is 2. The van der Waals surface area contributed by atoms with Crippen LogP contribution in [0.4, 0.5) is 5.69 Å². The van der Waals surface area contributed by atoms with E-state index in [2.05, 4.69) is 37.2 Å². The topological polar surface area (TPSA) is 55.4 Å². The normalized spacial score (nSPS) is 38.2. The number of amides is 1. The minimum atomic E-state index is -0.288. The lowest BCUT2D eigenvalue weighted by Crippen LogP contribution is -2.40. The second-order valence-corrected chi connectivity index (χ2v) is 8.38. The molecule has 22 heavy (non-hydrogen) atoms. The monoisotopic (exact) mass is 427 g/mol. The van der Waals surface area contributed by atoms with Gasteiger partial charge in [-0.1, -0.05) is 31.9 Å². The van der Waals surface area contributed by atoms with Crippen LogP contribution in [0.1, 0.15) is 12.0 Å². The van der Waals surface area contributed by atoms with Crippen molar-refractivity contribution in [3.05, 3.63) is 28.2 Å². The van der Waals surface area contributed by atoms with Gasteiger partial charge in [0, 0.05) is 16.1 Å². The molecule has 1 aliphatic heterocycles. The van der Waals surface area contributed by atoms with Gasteiger partial charge in [-0.3, -0.25) is 9.59 Å². The molecule has 0 aromatic heterocycles. The van der Waals surface area contributed by atoms with Gasteiger partial charge in [0.2, 0.25) is 5.91 Å². The van der Waals surface area contributed by atoms with Crippen LogP contribution in [0.5, 0.6) is 0 Å². The van der Waals surface area contributed by atoms with Crippen molar-refractivity contribution < 1.29 is 14.3 Å². The standard InChI is InChI=1S/C16H15Br2NO3/c1-6-4-7(17)2-3-10(6)19-15(20)11-8-5-9-12(11)16(21)22-14(9)13(8)18/h2-4,8-9,11-14H,5H2,1H3,(H,19,20)/t8-,9-,11-,12+,13-,14+/m1/s1. The highest BCUT2D eigenvalue weighted by Crippen LogP contribution is 2.60. The van der Waals surface area contributed by atoms with E-state index in [9.17, 15) is 9.59 Å². The van der Waals surface area contributed by atoms with Crippen LogP contribution in [0, 0.1) is 30.6 Å². The first-order chi connectivity index (χ1) is 10.5. The average Bonchev–Trinajstić information content (AvgIpc) is 3.06. The van der Waals surface area contributed by atoms with E-state index in [-0.39, 0.29) is 46.5 Å². The van der Waals surface area contributed by atoms with Crippen molar-refractivity contribution in [2.75, 3.05) is 5.32 Å². The first-order valence-corrected chi connectivity index (χ1v) is 9.10. The molecule has 3 fully saturated rings. The van der Waals surface area contributed by atoms with E-state index in [1.807, 2.05) is 25.1 Å². The second-order valence-electron chi connectivity index (χ2n) is 6.41. The molecule has 0 spiro atoms. The molecular weight excluding hydrogens is 414 g/mol. The third-order valence-electron chi connectivity index (χ3n) is 5.27. The van der Waals surface area contributed by atoms with Crippen LogP contribution in [0.25, 0.3) is 0 Å². The molecule has 6 heteroatoms. The van der Waals surface area contributed by atoms with Crippen molar-refractivity contribution in [1.29, 1.82) is 0 Å². The van der Waals surface area contributed by atoms with Crippen molar-refractivity contribution in [2.45, 2.75) is 24.3 Å². The summed E-state index contributed by atoms with van der Waals surface area (Å²) in [7, 11) is 0. The van der Waals surface area contributed by atoms with E-state index in [0.29, 0.717) is 0 Å². The van der Waals surface area contributed by atoms with Gasteiger partial charge in [-0.2, -0.15) is 0 Å². The summed E-state index contributed by atoms with van der Waals surface area (Å²) in [5.74, 6) is -0.439. The maximum atomic E-state index is 12.8. The molecule has 0 radical (unpaired) electrons. The summed E-state index contributed by atoms with van der Waals surface area (Å²) < 4.78 is 6.43. The summed E-state index contributed by atoms with van der Waals surface area (Å²) >= 11 is 7.05. The molecule has 2 bridgehead atoms. The lowest BCUT2D eigenvalue weighted by Gasteiger charge is -2.27. The molecule has 3 aliphatic rings. The van der Waals surface area contributed by atoms with Gasteiger partial charge in [-0.25, -0.2) is 0 Å². The molecule has 1 heterocycles. The molecule has 2 saturated carbocycles. The first-order valence-electron chi connectivity index (χ1n) is 7.39. The number of alkyl halides is 1. The maximum absolute atomic E-state index is 12.8. The number of hydrogen-bond donors (Lipinski definition) is 1. The average molecular weight is 429 g/mol. The fourth-order valence-corrected chi connectivity index (χ4v) is 5.83. The van der Waals surface area contributed by atoms with Gasteiger partial charge in [0.1, 0.15) is 6.10 Å². The summed E-state index contributed by atoms with van der Waals surface area (Å²) in [6.45, 7) is 1.95. The van der Waals surface area contributed by atoms with E-state index < -0.39 is 0 Å². The van der Waals surface area contributed by atoms with Gasteiger partial charge in [0.05, 0.1) is 16.7 Å². The molecule has 1 aromatic rings. The number of esters is 1. The van der Waals surface area contributed by atoms with Crippen molar-refractivity contribution >= 4 is 49.4 Å². The number of hydrogen-bond acceptors (Lipinski definition) is 3. The largest absolute Gasteiger partial charge is 0.461 e. The van der Waals surface area contributed by atoms with E-state index in [1.54, 1.807) is 0 Å². The Morgan fingerprint density at radius 2 is 2.14 bits per heavy atom. The Morgan fingerprint density at radius 3 is 2.86 bits per heavy atom.